The van der Waals surface area contributed by atoms with Gasteiger partial charge in [-0.2, -0.15) is 0 Å². The summed E-state index contributed by atoms with van der Waals surface area (Å²) in [4.78, 5) is 8.18. The zero-order chi connectivity index (χ0) is 18.0. The van der Waals surface area contributed by atoms with Crippen molar-refractivity contribution in [1.82, 2.24) is 15.3 Å². The van der Waals surface area contributed by atoms with E-state index in [2.05, 4.69) is 21.4 Å². The number of methoxy groups -OCH3 is 1. The van der Waals surface area contributed by atoms with E-state index >= 15 is 0 Å². The topological polar surface area (TPSA) is 76.5 Å². The standard InChI is InChI=1S/C20H25N3O3/c1-25-18-3-2-15(17-8-22-14-23-9-17)6-16(18)7-21-12-20-10-19(11-20,13-24)4-5-26-20/h2-3,6,8-9,14,21,24H,4-5,7,10-13H2,1H3. The minimum atomic E-state index is -0.112. The summed E-state index contributed by atoms with van der Waals surface area (Å²) >= 11 is 0. The Kier molecular flexibility index (Phi) is 4.65. The Labute approximate surface area is 153 Å². The van der Waals surface area contributed by atoms with Crippen molar-refractivity contribution in [2.45, 2.75) is 31.4 Å². The summed E-state index contributed by atoms with van der Waals surface area (Å²) in [5, 5.41) is 13.1. The third-order valence-electron chi connectivity index (χ3n) is 5.71. The molecule has 0 radical (unpaired) electrons. The molecule has 0 unspecified atom stereocenters. The Morgan fingerprint density at radius 1 is 1.23 bits per heavy atom. The minimum absolute atomic E-state index is 0.102. The lowest BCUT2D eigenvalue weighted by atomic mass is 9.56. The van der Waals surface area contributed by atoms with Crippen molar-refractivity contribution >= 4 is 0 Å². The van der Waals surface area contributed by atoms with E-state index in [4.69, 9.17) is 9.47 Å². The fraction of sp³-hybridized carbons (Fsp3) is 0.500. The van der Waals surface area contributed by atoms with Gasteiger partial charge >= 0.3 is 0 Å². The molecule has 6 nitrogen and oxygen atoms in total. The van der Waals surface area contributed by atoms with Gasteiger partial charge in [0.15, 0.2) is 0 Å². The number of aromatic nitrogens is 2. The molecule has 1 aliphatic carbocycles. The number of ether oxygens (including phenoxy) is 2. The highest BCUT2D eigenvalue weighted by Gasteiger charge is 2.57. The molecule has 3 heterocycles. The second kappa shape index (κ2) is 6.95. The first-order valence-electron chi connectivity index (χ1n) is 9.06. The number of nitrogens with zero attached hydrogens (tertiary/aromatic N) is 2. The van der Waals surface area contributed by atoms with E-state index in [0.717, 1.165) is 54.9 Å². The highest BCUT2D eigenvalue weighted by atomic mass is 16.5. The van der Waals surface area contributed by atoms with E-state index in [-0.39, 0.29) is 17.6 Å². The van der Waals surface area contributed by atoms with Gasteiger partial charge in [0.05, 0.1) is 12.7 Å². The maximum atomic E-state index is 9.61. The van der Waals surface area contributed by atoms with E-state index in [1.54, 1.807) is 7.11 Å². The van der Waals surface area contributed by atoms with Crippen molar-refractivity contribution in [2.24, 2.45) is 5.41 Å². The first kappa shape index (κ1) is 17.4. The van der Waals surface area contributed by atoms with Crippen LogP contribution in [0.25, 0.3) is 11.1 Å². The fourth-order valence-electron chi connectivity index (χ4n) is 4.41. The van der Waals surface area contributed by atoms with Crippen LogP contribution in [-0.2, 0) is 11.3 Å². The van der Waals surface area contributed by atoms with Gasteiger partial charge < -0.3 is 19.9 Å². The Balaban J connectivity index is 1.43. The molecular weight excluding hydrogens is 330 g/mol. The van der Waals surface area contributed by atoms with E-state index in [1.165, 1.54) is 6.33 Å². The van der Waals surface area contributed by atoms with Gasteiger partial charge in [-0.1, -0.05) is 6.07 Å². The summed E-state index contributed by atoms with van der Waals surface area (Å²) in [7, 11) is 1.69. The van der Waals surface area contributed by atoms with Crippen LogP contribution >= 0.6 is 0 Å². The number of rotatable bonds is 7. The summed E-state index contributed by atoms with van der Waals surface area (Å²) in [6.45, 7) is 2.50. The van der Waals surface area contributed by atoms with Crippen molar-refractivity contribution in [1.29, 1.82) is 0 Å². The first-order chi connectivity index (χ1) is 12.7. The lowest BCUT2D eigenvalue weighted by molar-refractivity contribution is -0.233. The average Bonchev–Trinajstić information content (AvgIpc) is 2.68. The van der Waals surface area contributed by atoms with Crippen LogP contribution in [0.1, 0.15) is 24.8 Å². The fourth-order valence-corrected chi connectivity index (χ4v) is 4.41. The van der Waals surface area contributed by atoms with Crippen LogP contribution in [0, 0.1) is 5.41 Å². The molecule has 26 heavy (non-hydrogen) atoms. The highest BCUT2D eigenvalue weighted by molar-refractivity contribution is 5.64. The van der Waals surface area contributed by atoms with Crippen molar-refractivity contribution in [3.63, 3.8) is 0 Å². The summed E-state index contributed by atoms with van der Waals surface area (Å²) in [6.07, 6.45) is 8.02. The summed E-state index contributed by atoms with van der Waals surface area (Å²) in [5.74, 6) is 0.860. The molecule has 1 saturated carbocycles. The molecule has 2 aliphatic heterocycles. The van der Waals surface area contributed by atoms with Crippen LogP contribution in [-0.4, -0.2) is 47.5 Å². The molecule has 1 aromatic carbocycles. The maximum Gasteiger partial charge on any atom is 0.123 e. The van der Waals surface area contributed by atoms with Crippen molar-refractivity contribution in [3.8, 4) is 16.9 Å². The maximum absolute atomic E-state index is 9.61. The molecule has 3 aliphatic rings. The summed E-state index contributed by atoms with van der Waals surface area (Å²) in [5.41, 5.74) is 3.13. The quantitative estimate of drug-likeness (QED) is 0.793. The molecule has 3 fully saturated rings. The third-order valence-corrected chi connectivity index (χ3v) is 5.71. The second-order valence-electron chi connectivity index (χ2n) is 7.55. The smallest absolute Gasteiger partial charge is 0.123 e. The summed E-state index contributed by atoms with van der Waals surface area (Å²) < 4.78 is 11.5. The number of fused-ring (bicyclic) bond motifs is 2. The molecule has 2 saturated heterocycles. The molecule has 2 bridgehead atoms. The predicted molar refractivity (Wildman–Crippen MR) is 97.8 cm³/mol. The largest absolute Gasteiger partial charge is 0.496 e. The Hall–Kier alpha value is -2.02. The zero-order valence-corrected chi connectivity index (χ0v) is 15.1. The Morgan fingerprint density at radius 2 is 2.04 bits per heavy atom. The van der Waals surface area contributed by atoms with Crippen molar-refractivity contribution < 1.29 is 14.6 Å². The van der Waals surface area contributed by atoms with Crippen LogP contribution < -0.4 is 10.1 Å². The van der Waals surface area contributed by atoms with Crippen LogP contribution in [0.15, 0.2) is 36.9 Å². The molecule has 138 valence electrons. The SMILES string of the molecule is COc1ccc(-c2cncnc2)cc1CNCC12CC(CO)(CCO1)C2. The van der Waals surface area contributed by atoms with Crippen LogP contribution in [0.3, 0.4) is 0 Å². The predicted octanol–water partition coefficient (Wildman–Crippen LogP) is 2.17. The van der Waals surface area contributed by atoms with Crippen LogP contribution in [0.5, 0.6) is 5.75 Å². The van der Waals surface area contributed by atoms with E-state index in [0.29, 0.717) is 6.54 Å². The lowest BCUT2D eigenvalue weighted by Gasteiger charge is -2.59. The van der Waals surface area contributed by atoms with Gasteiger partial charge in [0.2, 0.25) is 0 Å². The number of aliphatic hydroxyl groups excluding tert-OH is 1. The molecule has 1 aromatic heterocycles. The number of aliphatic hydroxyl groups is 1. The second-order valence-corrected chi connectivity index (χ2v) is 7.55. The number of hydrogen-bond acceptors (Lipinski definition) is 6. The molecular formula is C20H25N3O3. The number of benzene rings is 1. The normalized spacial score (nSPS) is 27.0. The summed E-state index contributed by atoms with van der Waals surface area (Å²) in [6, 6.07) is 6.11. The molecule has 6 heteroatoms. The molecule has 0 atom stereocenters. The minimum Gasteiger partial charge on any atom is -0.496 e. The number of nitrogens with one attached hydrogen (secondary N) is 1. The number of hydrogen-bond donors (Lipinski definition) is 2. The van der Waals surface area contributed by atoms with Crippen molar-refractivity contribution in [2.75, 3.05) is 26.9 Å². The monoisotopic (exact) mass is 355 g/mol. The third kappa shape index (κ3) is 3.20. The molecule has 0 amide bonds. The van der Waals surface area contributed by atoms with E-state index in [9.17, 15) is 5.11 Å². The van der Waals surface area contributed by atoms with Gasteiger partial charge in [0.25, 0.3) is 0 Å². The Morgan fingerprint density at radius 3 is 2.77 bits per heavy atom. The first-order valence-corrected chi connectivity index (χ1v) is 9.06. The molecule has 2 aromatic rings. The van der Waals surface area contributed by atoms with Crippen LogP contribution in [0.4, 0.5) is 0 Å². The van der Waals surface area contributed by atoms with Crippen molar-refractivity contribution in [3.05, 3.63) is 42.5 Å². The average molecular weight is 355 g/mol. The van der Waals surface area contributed by atoms with Gasteiger partial charge in [0, 0.05) is 55.2 Å². The zero-order valence-electron chi connectivity index (χ0n) is 15.1. The Bertz CT molecular complexity index is 760. The van der Waals surface area contributed by atoms with Gasteiger partial charge in [-0.15, -0.1) is 0 Å². The molecule has 2 N–H and O–H groups in total. The molecule has 5 rings (SSSR count). The van der Waals surface area contributed by atoms with E-state index < -0.39 is 0 Å². The van der Waals surface area contributed by atoms with Crippen LogP contribution in [0.2, 0.25) is 0 Å². The van der Waals surface area contributed by atoms with Gasteiger partial charge in [0.1, 0.15) is 12.1 Å². The molecule has 0 spiro atoms. The van der Waals surface area contributed by atoms with Gasteiger partial charge in [-0.3, -0.25) is 0 Å². The van der Waals surface area contributed by atoms with Gasteiger partial charge in [-0.05, 0) is 37.0 Å². The van der Waals surface area contributed by atoms with E-state index in [1.807, 2.05) is 24.5 Å². The highest BCUT2D eigenvalue weighted by Crippen LogP contribution is 2.56. The lowest BCUT2D eigenvalue weighted by Crippen LogP contribution is -2.63. The van der Waals surface area contributed by atoms with Gasteiger partial charge in [-0.25, -0.2) is 9.97 Å².